The van der Waals surface area contributed by atoms with Crippen LogP contribution in [0.4, 0.5) is 11.4 Å². The van der Waals surface area contributed by atoms with Gasteiger partial charge in [0.05, 0.1) is 18.4 Å². The maximum absolute atomic E-state index is 13.3. The number of carbonyl (C=O) groups excluding carboxylic acids is 1. The van der Waals surface area contributed by atoms with Crippen LogP contribution in [0.5, 0.6) is 0 Å². The zero-order valence-electron chi connectivity index (χ0n) is 15.0. The Morgan fingerprint density at radius 1 is 0.963 bits per heavy atom. The predicted octanol–water partition coefficient (Wildman–Crippen LogP) is 4.18. The molecule has 136 valence electrons. The lowest BCUT2D eigenvalue weighted by molar-refractivity contribution is -0.885. The normalized spacial score (nSPS) is 13.6. The molecule has 27 heavy (non-hydrogen) atoms. The van der Waals surface area contributed by atoms with E-state index in [2.05, 4.69) is 18.2 Å². The predicted molar refractivity (Wildman–Crippen MR) is 111 cm³/mol. The smallest absolute Gasteiger partial charge is 0.286 e. The molecule has 5 heteroatoms. The second kappa shape index (κ2) is 7.77. The SMILES string of the molecule is C[NH+](CC(=O)N1c2ccccc2Sc2ccc(Cl)cc21)Cc1ccccc1. The Morgan fingerprint density at radius 3 is 2.48 bits per heavy atom. The standard InChI is InChI=1S/C22H19ClN2OS/c1-24(14-16-7-3-2-4-8-16)15-22(26)25-18-9-5-6-10-20(18)27-21-12-11-17(23)13-19(21)25/h2-13H,14-15H2,1H3/p+1. The van der Waals surface area contributed by atoms with E-state index in [9.17, 15) is 4.79 Å². The van der Waals surface area contributed by atoms with E-state index >= 15 is 0 Å². The average Bonchev–Trinajstić information content (AvgIpc) is 2.66. The summed E-state index contributed by atoms with van der Waals surface area (Å²) in [6.45, 7) is 1.21. The molecule has 0 bridgehead atoms. The van der Waals surface area contributed by atoms with Crippen LogP contribution in [-0.4, -0.2) is 19.5 Å². The molecule has 0 aliphatic carbocycles. The van der Waals surface area contributed by atoms with Crippen LogP contribution in [0, 0.1) is 0 Å². The Bertz CT molecular complexity index is 977. The van der Waals surface area contributed by atoms with Gasteiger partial charge in [-0.25, -0.2) is 0 Å². The van der Waals surface area contributed by atoms with Crippen molar-refractivity contribution in [2.45, 2.75) is 16.3 Å². The Labute approximate surface area is 168 Å². The molecule has 3 nitrogen and oxygen atoms in total. The number of likely N-dealkylation sites (N-methyl/N-ethyl adjacent to an activating group) is 1. The number of quaternary nitrogens is 1. The molecular weight excluding hydrogens is 376 g/mol. The number of anilines is 2. The second-order valence-corrected chi connectivity index (χ2v) is 8.23. The number of para-hydroxylation sites is 1. The highest BCUT2D eigenvalue weighted by Crippen LogP contribution is 2.48. The van der Waals surface area contributed by atoms with Gasteiger partial charge in [-0.3, -0.25) is 9.69 Å². The maximum atomic E-state index is 13.3. The molecule has 1 unspecified atom stereocenters. The fourth-order valence-electron chi connectivity index (χ4n) is 3.34. The molecule has 4 rings (SSSR count). The average molecular weight is 396 g/mol. The minimum absolute atomic E-state index is 0.0692. The first-order chi connectivity index (χ1) is 13.1. The van der Waals surface area contributed by atoms with Crippen LogP contribution < -0.4 is 9.80 Å². The highest BCUT2D eigenvalue weighted by atomic mass is 35.5. The van der Waals surface area contributed by atoms with Crippen molar-refractivity contribution in [3.05, 3.63) is 83.4 Å². The molecule has 1 amide bonds. The number of fused-ring (bicyclic) bond motifs is 2. The van der Waals surface area contributed by atoms with E-state index in [4.69, 9.17) is 11.6 Å². The van der Waals surface area contributed by atoms with Gasteiger partial charge >= 0.3 is 0 Å². The molecule has 1 aliphatic rings. The summed E-state index contributed by atoms with van der Waals surface area (Å²) in [7, 11) is 2.05. The fourth-order valence-corrected chi connectivity index (χ4v) is 4.55. The van der Waals surface area contributed by atoms with Crippen LogP contribution in [0.3, 0.4) is 0 Å². The minimum atomic E-state index is 0.0692. The van der Waals surface area contributed by atoms with Crippen molar-refractivity contribution in [2.24, 2.45) is 0 Å². The lowest BCUT2D eigenvalue weighted by Gasteiger charge is -2.31. The molecule has 0 radical (unpaired) electrons. The quantitative estimate of drug-likeness (QED) is 0.716. The highest BCUT2D eigenvalue weighted by Gasteiger charge is 2.29. The Balaban J connectivity index is 1.62. The van der Waals surface area contributed by atoms with Crippen LogP contribution in [-0.2, 0) is 11.3 Å². The molecule has 0 saturated carbocycles. The number of hydrogen-bond donors (Lipinski definition) is 1. The van der Waals surface area contributed by atoms with E-state index in [0.717, 1.165) is 32.6 Å². The van der Waals surface area contributed by atoms with Gasteiger partial charge in [0.1, 0.15) is 6.54 Å². The monoisotopic (exact) mass is 395 g/mol. The number of benzene rings is 3. The van der Waals surface area contributed by atoms with E-state index in [1.54, 1.807) is 11.8 Å². The molecule has 0 spiro atoms. The molecule has 1 heterocycles. The third-order valence-corrected chi connectivity index (χ3v) is 5.90. The number of nitrogens with zero attached hydrogens (tertiary/aromatic N) is 1. The second-order valence-electron chi connectivity index (χ2n) is 6.71. The third kappa shape index (κ3) is 3.88. The van der Waals surface area contributed by atoms with Crippen molar-refractivity contribution in [1.29, 1.82) is 0 Å². The summed E-state index contributed by atoms with van der Waals surface area (Å²) in [5.74, 6) is 0.0692. The van der Waals surface area contributed by atoms with Crippen molar-refractivity contribution < 1.29 is 9.69 Å². The lowest BCUT2D eigenvalue weighted by atomic mass is 10.2. The molecular formula is C22H20ClN2OS+. The maximum Gasteiger partial charge on any atom is 0.286 e. The van der Waals surface area contributed by atoms with Gasteiger partial charge in [-0.05, 0) is 30.3 Å². The molecule has 3 aromatic carbocycles. The topological polar surface area (TPSA) is 24.8 Å². The summed E-state index contributed by atoms with van der Waals surface area (Å²) in [6.07, 6.45) is 0. The first kappa shape index (κ1) is 18.1. The number of hydrogen-bond acceptors (Lipinski definition) is 2. The first-order valence-electron chi connectivity index (χ1n) is 8.86. The Hall–Kier alpha value is -2.27. The van der Waals surface area contributed by atoms with Gasteiger partial charge in [0.25, 0.3) is 5.91 Å². The van der Waals surface area contributed by atoms with Crippen LogP contribution >= 0.6 is 23.4 Å². The van der Waals surface area contributed by atoms with Gasteiger partial charge in [-0.15, -0.1) is 0 Å². The van der Waals surface area contributed by atoms with Crippen molar-refractivity contribution in [3.8, 4) is 0 Å². The zero-order chi connectivity index (χ0) is 18.8. The minimum Gasteiger partial charge on any atom is -0.326 e. The van der Waals surface area contributed by atoms with Crippen LogP contribution in [0.2, 0.25) is 5.02 Å². The van der Waals surface area contributed by atoms with Gasteiger partial charge in [-0.2, -0.15) is 0 Å². The van der Waals surface area contributed by atoms with Crippen molar-refractivity contribution >= 4 is 40.6 Å². The molecule has 1 N–H and O–H groups in total. The molecule has 1 aliphatic heterocycles. The number of nitrogens with one attached hydrogen (secondary N) is 1. The zero-order valence-corrected chi connectivity index (χ0v) is 16.6. The van der Waals surface area contributed by atoms with Crippen LogP contribution in [0.15, 0.2) is 82.6 Å². The van der Waals surface area contributed by atoms with E-state index < -0.39 is 0 Å². The number of rotatable bonds is 4. The van der Waals surface area contributed by atoms with Crippen LogP contribution in [0.1, 0.15) is 5.56 Å². The Morgan fingerprint density at radius 2 is 1.67 bits per heavy atom. The molecule has 0 fully saturated rings. The van der Waals surface area contributed by atoms with Gasteiger partial charge < -0.3 is 4.90 Å². The number of carbonyl (C=O) groups is 1. The highest BCUT2D eigenvalue weighted by molar-refractivity contribution is 7.99. The van der Waals surface area contributed by atoms with Gasteiger partial charge in [-0.1, -0.05) is 65.8 Å². The first-order valence-corrected chi connectivity index (χ1v) is 10.1. The number of amides is 1. The van der Waals surface area contributed by atoms with Crippen molar-refractivity contribution in [1.82, 2.24) is 0 Å². The summed E-state index contributed by atoms with van der Waals surface area (Å²) < 4.78 is 0. The molecule has 0 saturated heterocycles. The van der Waals surface area contributed by atoms with E-state index in [1.807, 2.05) is 66.5 Å². The largest absolute Gasteiger partial charge is 0.326 e. The lowest BCUT2D eigenvalue weighted by Crippen LogP contribution is -3.08. The van der Waals surface area contributed by atoms with E-state index in [0.29, 0.717) is 11.6 Å². The van der Waals surface area contributed by atoms with Gasteiger partial charge in [0, 0.05) is 20.4 Å². The summed E-state index contributed by atoms with van der Waals surface area (Å²) in [6, 6.07) is 24.0. The number of halogens is 1. The summed E-state index contributed by atoms with van der Waals surface area (Å²) >= 11 is 7.91. The van der Waals surface area contributed by atoms with E-state index in [-0.39, 0.29) is 5.91 Å². The summed E-state index contributed by atoms with van der Waals surface area (Å²) in [5, 5.41) is 0.636. The molecule has 0 aromatic heterocycles. The summed E-state index contributed by atoms with van der Waals surface area (Å²) in [4.78, 5) is 18.4. The molecule has 3 aromatic rings. The van der Waals surface area contributed by atoms with Crippen LogP contribution in [0.25, 0.3) is 0 Å². The van der Waals surface area contributed by atoms with Crippen molar-refractivity contribution in [3.63, 3.8) is 0 Å². The fraction of sp³-hybridized carbons (Fsp3) is 0.136. The van der Waals surface area contributed by atoms with Gasteiger partial charge in [0.15, 0.2) is 6.54 Å². The third-order valence-electron chi connectivity index (χ3n) is 4.54. The van der Waals surface area contributed by atoms with Crippen molar-refractivity contribution in [2.75, 3.05) is 18.5 Å². The van der Waals surface area contributed by atoms with Gasteiger partial charge in [0.2, 0.25) is 0 Å². The molecule has 1 atom stereocenters. The summed E-state index contributed by atoms with van der Waals surface area (Å²) in [5.41, 5.74) is 3.01. The van der Waals surface area contributed by atoms with E-state index in [1.165, 1.54) is 5.56 Å². The Kier molecular flexibility index (Phi) is 5.21.